The highest BCUT2D eigenvalue weighted by Crippen LogP contribution is 2.00. The smallest absolute Gasteiger partial charge is 0.0648 e. The van der Waals surface area contributed by atoms with Gasteiger partial charge >= 0.3 is 0 Å². The summed E-state index contributed by atoms with van der Waals surface area (Å²) in [5.41, 5.74) is 4.62. The fourth-order valence-corrected chi connectivity index (χ4v) is 0.810. The van der Waals surface area contributed by atoms with Gasteiger partial charge in [-0.2, -0.15) is 5.10 Å². The van der Waals surface area contributed by atoms with E-state index in [1.165, 1.54) is 6.20 Å². The van der Waals surface area contributed by atoms with Crippen molar-refractivity contribution in [1.29, 1.82) is 0 Å². The van der Waals surface area contributed by atoms with E-state index in [9.17, 15) is 0 Å². The minimum Gasteiger partial charge on any atom is -0.286 e. The van der Waals surface area contributed by atoms with Gasteiger partial charge in [-0.25, -0.2) is 0 Å². The predicted molar refractivity (Wildman–Crippen MR) is 59.5 cm³/mol. The highest BCUT2D eigenvalue weighted by atomic mass is 15.3. The van der Waals surface area contributed by atoms with Crippen LogP contribution in [0.2, 0.25) is 0 Å². The predicted octanol–water partition coefficient (Wildman–Crippen LogP) is 2.78. The Hall–Kier alpha value is -1.57. The number of allylic oxidation sites excluding steroid dienone is 5. The molecular weight excluding hydrogens is 160 g/mol. The second kappa shape index (κ2) is 7.10. The van der Waals surface area contributed by atoms with Crippen molar-refractivity contribution in [3.63, 3.8) is 0 Å². The first-order valence-corrected chi connectivity index (χ1v) is 4.12. The summed E-state index contributed by atoms with van der Waals surface area (Å²) in [7, 11) is 0. The van der Waals surface area contributed by atoms with Crippen molar-refractivity contribution < 1.29 is 0 Å². The molecule has 0 fully saturated rings. The van der Waals surface area contributed by atoms with Gasteiger partial charge in [0.1, 0.15) is 0 Å². The number of nitrogens with zero attached hydrogens (tertiary/aromatic N) is 1. The molecule has 0 radical (unpaired) electrons. The van der Waals surface area contributed by atoms with Gasteiger partial charge in [0.05, 0.1) is 5.71 Å². The molecule has 0 spiro atoms. The van der Waals surface area contributed by atoms with Crippen LogP contribution in [0.15, 0.2) is 54.3 Å². The second-order valence-corrected chi connectivity index (χ2v) is 2.39. The van der Waals surface area contributed by atoms with Gasteiger partial charge in [0.25, 0.3) is 0 Å². The third-order valence-corrected chi connectivity index (χ3v) is 1.38. The SMILES string of the molecule is C=C/C=C(\C=C/C)C(/C)=N/NC=C. The van der Waals surface area contributed by atoms with E-state index in [0.29, 0.717) is 0 Å². The van der Waals surface area contributed by atoms with Crippen LogP contribution in [0, 0.1) is 0 Å². The van der Waals surface area contributed by atoms with Crippen LogP contribution in [0.1, 0.15) is 13.8 Å². The van der Waals surface area contributed by atoms with Gasteiger partial charge in [-0.3, -0.25) is 5.43 Å². The molecule has 0 aromatic heterocycles. The second-order valence-electron chi connectivity index (χ2n) is 2.39. The quantitative estimate of drug-likeness (QED) is 0.389. The van der Waals surface area contributed by atoms with Crippen LogP contribution in [0.25, 0.3) is 0 Å². The first kappa shape index (κ1) is 11.4. The minimum absolute atomic E-state index is 0.901. The van der Waals surface area contributed by atoms with E-state index < -0.39 is 0 Å². The lowest BCUT2D eigenvalue weighted by molar-refractivity contribution is 0.969. The van der Waals surface area contributed by atoms with Gasteiger partial charge in [0.15, 0.2) is 0 Å². The van der Waals surface area contributed by atoms with E-state index in [4.69, 9.17) is 0 Å². The van der Waals surface area contributed by atoms with Crippen LogP contribution in [-0.4, -0.2) is 5.71 Å². The summed E-state index contributed by atoms with van der Waals surface area (Å²) in [4.78, 5) is 0. The molecule has 0 aliphatic carbocycles. The molecule has 70 valence electrons. The van der Waals surface area contributed by atoms with Crippen molar-refractivity contribution in [1.82, 2.24) is 5.43 Å². The first-order valence-electron chi connectivity index (χ1n) is 4.12. The summed E-state index contributed by atoms with van der Waals surface area (Å²) in [6.07, 6.45) is 9.12. The number of nitrogens with one attached hydrogen (secondary N) is 1. The molecule has 2 heteroatoms. The molecule has 0 atom stereocenters. The van der Waals surface area contributed by atoms with Crippen LogP contribution in [0.4, 0.5) is 0 Å². The number of hydrazone groups is 1. The monoisotopic (exact) mass is 176 g/mol. The van der Waals surface area contributed by atoms with E-state index in [1.807, 2.05) is 32.1 Å². The van der Waals surface area contributed by atoms with Crippen molar-refractivity contribution in [3.05, 3.63) is 49.2 Å². The van der Waals surface area contributed by atoms with E-state index in [0.717, 1.165) is 11.3 Å². The van der Waals surface area contributed by atoms with E-state index in [2.05, 4.69) is 23.7 Å². The molecule has 0 heterocycles. The van der Waals surface area contributed by atoms with Gasteiger partial charge in [0, 0.05) is 6.20 Å². The molecule has 0 amide bonds. The van der Waals surface area contributed by atoms with Crippen molar-refractivity contribution in [3.8, 4) is 0 Å². The zero-order chi connectivity index (χ0) is 10.1. The largest absolute Gasteiger partial charge is 0.286 e. The molecule has 13 heavy (non-hydrogen) atoms. The van der Waals surface area contributed by atoms with Gasteiger partial charge < -0.3 is 0 Å². The number of hydrogen-bond donors (Lipinski definition) is 1. The Morgan fingerprint density at radius 2 is 2.08 bits per heavy atom. The molecule has 2 nitrogen and oxygen atoms in total. The minimum atomic E-state index is 0.901. The summed E-state index contributed by atoms with van der Waals surface area (Å²) in [6, 6.07) is 0. The standard InChI is InChI=1S/C11H16N2/c1-5-8-11(9-6-2)10(4)13-12-7-3/h5-9,12H,1,3H2,2,4H3/b9-6-,11-8+,13-10+. The fraction of sp³-hybridized carbons (Fsp3) is 0.182. The van der Waals surface area contributed by atoms with Crippen molar-refractivity contribution >= 4 is 5.71 Å². The third kappa shape index (κ3) is 4.80. The number of rotatable bonds is 5. The Morgan fingerprint density at radius 1 is 1.38 bits per heavy atom. The summed E-state index contributed by atoms with van der Waals surface area (Å²) >= 11 is 0. The summed E-state index contributed by atoms with van der Waals surface area (Å²) in [6.45, 7) is 11.0. The van der Waals surface area contributed by atoms with Crippen molar-refractivity contribution in [2.45, 2.75) is 13.8 Å². The zero-order valence-corrected chi connectivity index (χ0v) is 8.25. The van der Waals surface area contributed by atoms with Crippen molar-refractivity contribution in [2.24, 2.45) is 5.10 Å². The molecule has 0 aliphatic rings. The van der Waals surface area contributed by atoms with Gasteiger partial charge in [-0.15, -0.1) is 0 Å². The van der Waals surface area contributed by atoms with Crippen LogP contribution >= 0.6 is 0 Å². The molecule has 0 rings (SSSR count). The van der Waals surface area contributed by atoms with E-state index in [1.54, 1.807) is 6.08 Å². The molecule has 1 N–H and O–H groups in total. The highest BCUT2D eigenvalue weighted by Gasteiger charge is 1.94. The Morgan fingerprint density at radius 3 is 2.54 bits per heavy atom. The maximum atomic E-state index is 4.06. The molecule has 0 saturated carbocycles. The molecule has 0 bridgehead atoms. The summed E-state index contributed by atoms with van der Waals surface area (Å²) < 4.78 is 0. The van der Waals surface area contributed by atoms with Gasteiger partial charge in [-0.1, -0.05) is 37.5 Å². The van der Waals surface area contributed by atoms with E-state index in [-0.39, 0.29) is 0 Å². The fourth-order valence-electron chi connectivity index (χ4n) is 0.810. The average Bonchev–Trinajstić information content (AvgIpc) is 2.14. The lowest BCUT2D eigenvalue weighted by atomic mass is 10.1. The molecule has 0 unspecified atom stereocenters. The first-order chi connectivity index (χ1) is 6.26. The van der Waals surface area contributed by atoms with Crippen LogP contribution in [-0.2, 0) is 0 Å². The van der Waals surface area contributed by atoms with Crippen molar-refractivity contribution in [2.75, 3.05) is 0 Å². The third-order valence-electron chi connectivity index (χ3n) is 1.38. The maximum absolute atomic E-state index is 4.06. The average molecular weight is 176 g/mol. The Balaban J connectivity index is 4.63. The Kier molecular flexibility index (Phi) is 6.24. The Bertz CT molecular complexity index is 257. The highest BCUT2D eigenvalue weighted by molar-refractivity contribution is 6.00. The summed E-state index contributed by atoms with van der Waals surface area (Å²) in [5, 5.41) is 4.06. The van der Waals surface area contributed by atoms with Crippen LogP contribution in [0.5, 0.6) is 0 Å². The molecule has 0 aromatic rings. The molecular formula is C11H16N2. The molecule has 0 aromatic carbocycles. The normalized spacial score (nSPS) is 13.1. The molecule has 0 aliphatic heterocycles. The Labute approximate surface area is 80.0 Å². The molecule has 0 saturated heterocycles. The van der Waals surface area contributed by atoms with Gasteiger partial charge in [0.2, 0.25) is 0 Å². The number of hydrogen-bond acceptors (Lipinski definition) is 2. The maximum Gasteiger partial charge on any atom is 0.0648 e. The zero-order valence-electron chi connectivity index (χ0n) is 8.25. The topological polar surface area (TPSA) is 24.4 Å². The van der Waals surface area contributed by atoms with Crippen LogP contribution in [0.3, 0.4) is 0 Å². The lowest BCUT2D eigenvalue weighted by Crippen LogP contribution is -2.02. The van der Waals surface area contributed by atoms with E-state index >= 15 is 0 Å². The lowest BCUT2D eigenvalue weighted by Gasteiger charge is -1.99. The summed E-state index contributed by atoms with van der Waals surface area (Å²) in [5.74, 6) is 0. The van der Waals surface area contributed by atoms with Gasteiger partial charge in [-0.05, 0) is 19.4 Å². The van der Waals surface area contributed by atoms with Crippen LogP contribution < -0.4 is 5.43 Å².